The zero-order chi connectivity index (χ0) is 17.5. The number of nitrogens with one attached hydrogen (secondary N) is 2. The van der Waals surface area contributed by atoms with Crippen molar-refractivity contribution < 1.29 is 9.90 Å². The monoisotopic (exact) mass is 339 g/mol. The summed E-state index contributed by atoms with van der Waals surface area (Å²) < 4.78 is 0. The predicted molar refractivity (Wildman–Crippen MR) is 99.3 cm³/mol. The number of amides is 2. The lowest BCUT2D eigenvalue weighted by Crippen LogP contribution is -2.45. The third-order valence-corrected chi connectivity index (χ3v) is 4.54. The first-order chi connectivity index (χ1) is 12.2. The molecule has 0 unspecified atom stereocenters. The molecule has 1 aliphatic rings. The number of anilines is 1. The molecule has 1 saturated heterocycles. The zero-order valence-corrected chi connectivity index (χ0v) is 14.3. The Labute approximate surface area is 148 Å². The van der Waals surface area contributed by atoms with E-state index in [1.807, 2.05) is 24.3 Å². The first kappa shape index (κ1) is 17.5. The van der Waals surface area contributed by atoms with Gasteiger partial charge in [-0.3, -0.25) is 4.90 Å². The van der Waals surface area contributed by atoms with Gasteiger partial charge in [0, 0.05) is 31.4 Å². The Bertz CT molecular complexity index is 682. The van der Waals surface area contributed by atoms with Gasteiger partial charge in [-0.15, -0.1) is 0 Å². The number of benzene rings is 2. The number of rotatable bonds is 5. The molecule has 0 saturated carbocycles. The smallest absolute Gasteiger partial charge is 0.319 e. The van der Waals surface area contributed by atoms with E-state index in [-0.39, 0.29) is 18.7 Å². The van der Waals surface area contributed by atoms with Crippen molar-refractivity contribution in [3.8, 4) is 0 Å². The lowest BCUT2D eigenvalue weighted by atomic mass is 10.0. The van der Waals surface area contributed by atoms with E-state index in [1.165, 1.54) is 5.56 Å². The van der Waals surface area contributed by atoms with E-state index < -0.39 is 0 Å². The first-order valence-corrected chi connectivity index (χ1v) is 8.76. The summed E-state index contributed by atoms with van der Waals surface area (Å²) in [7, 11) is 0. The van der Waals surface area contributed by atoms with Crippen molar-refractivity contribution in [3.63, 3.8) is 0 Å². The number of carbonyl (C=O) groups excluding carboxylic acids is 1. The lowest BCUT2D eigenvalue weighted by molar-refractivity contribution is 0.190. The van der Waals surface area contributed by atoms with E-state index in [4.69, 9.17) is 5.11 Å². The molecule has 2 aromatic carbocycles. The summed E-state index contributed by atoms with van der Waals surface area (Å²) in [6, 6.07) is 17.7. The molecule has 0 spiro atoms. The maximum atomic E-state index is 12.2. The molecular weight excluding hydrogens is 314 g/mol. The van der Waals surface area contributed by atoms with Crippen LogP contribution in [0.15, 0.2) is 54.6 Å². The van der Waals surface area contributed by atoms with Crippen LogP contribution in [0.2, 0.25) is 0 Å². The van der Waals surface area contributed by atoms with Gasteiger partial charge in [0.05, 0.1) is 6.61 Å². The molecule has 0 atom stereocenters. The van der Waals surface area contributed by atoms with Crippen LogP contribution in [0.4, 0.5) is 10.5 Å². The summed E-state index contributed by atoms with van der Waals surface area (Å²) in [5.74, 6) is 0. The second-order valence-corrected chi connectivity index (χ2v) is 6.49. The number of hydrogen-bond acceptors (Lipinski definition) is 3. The van der Waals surface area contributed by atoms with Crippen molar-refractivity contribution in [1.82, 2.24) is 10.2 Å². The number of hydrogen-bond donors (Lipinski definition) is 3. The summed E-state index contributed by atoms with van der Waals surface area (Å²) >= 11 is 0. The van der Waals surface area contributed by atoms with Crippen LogP contribution in [0.1, 0.15) is 24.0 Å². The van der Waals surface area contributed by atoms with E-state index in [1.54, 1.807) is 6.07 Å². The minimum Gasteiger partial charge on any atom is -0.392 e. The molecule has 1 heterocycles. The van der Waals surface area contributed by atoms with Crippen LogP contribution in [-0.4, -0.2) is 35.2 Å². The van der Waals surface area contributed by atoms with E-state index in [0.717, 1.165) is 38.0 Å². The number of carbonyl (C=O) groups is 1. The molecule has 2 amide bonds. The maximum absolute atomic E-state index is 12.2. The van der Waals surface area contributed by atoms with E-state index in [0.29, 0.717) is 5.69 Å². The van der Waals surface area contributed by atoms with Gasteiger partial charge in [-0.25, -0.2) is 4.79 Å². The predicted octanol–water partition coefficient (Wildman–Crippen LogP) is 2.97. The Morgan fingerprint density at radius 2 is 1.76 bits per heavy atom. The van der Waals surface area contributed by atoms with Crippen LogP contribution in [-0.2, 0) is 13.2 Å². The highest BCUT2D eigenvalue weighted by Crippen LogP contribution is 2.15. The molecule has 0 aromatic heterocycles. The Morgan fingerprint density at radius 3 is 2.48 bits per heavy atom. The van der Waals surface area contributed by atoms with Crippen molar-refractivity contribution in [3.05, 3.63) is 65.7 Å². The van der Waals surface area contributed by atoms with Gasteiger partial charge in [0.15, 0.2) is 0 Å². The fraction of sp³-hybridized carbons (Fsp3) is 0.350. The molecular formula is C20H25N3O2. The van der Waals surface area contributed by atoms with E-state index in [2.05, 4.69) is 39.8 Å². The molecule has 3 rings (SSSR count). The Hall–Kier alpha value is -2.37. The summed E-state index contributed by atoms with van der Waals surface area (Å²) in [5.41, 5.74) is 2.81. The third kappa shape index (κ3) is 5.31. The maximum Gasteiger partial charge on any atom is 0.319 e. The SMILES string of the molecule is O=C(Nc1cccc(CO)c1)NC1CCN(Cc2ccccc2)CC1. The number of piperidine rings is 1. The average Bonchev–Trinajstić information content (AvgIpc) is 2.64. The largest absolute Gasteiger partial charge is 0.392 e. The second-order valence-electron chi connectivity index (χ2n) is 6.49. The van der Waals surface area contributed by atoms with Crippen LogP contribution in [0.3, 0.4) is 0 Å². The molecule has 5 heteroatoms. The number of urea groups is 1. The summed E-state index contributed by atoms with van der Waals surface area (Å²) in [5, 5.41) is 15.0. The third-order valence-electron chi connectivity index (χ3n) is 4.54. The van der Waals surface area contributed by atoms with Gasteiger partial charge in [0.2, 0.25) is 0 Å². The number of aliphatic hydroxyl groups is 1. The van der Waals surface area contributed by atoms with Gasteiger partial charge < -0.3 is 15.7 Å². The van der Waals surface area contributed by atoms with Gasteiger partial charge in [-0.1, -0.05) is 42.5 Å². The van der Waals surface area contributed by atoms with Gasteiger partial charge in [-0.05, 0) is 36.1 Å². The Kier molecular flexibility index (Phi) is 6.04. The first-order valence-electron chi connectivity index (χ1n) is 8.76. The van der Waals surface area contributed by atoms with Crippen LogP contribution < -0.4 is 10.6 Å². The number of aliphatic hydroxyl groups excluding tert-OH is 1. The minimum absolute atomic E-state index is 0.0307. The molecule has 132 valence electrons. The Balaban J connectivity index is 1.43. The molecule has 3 N–H and O–H groups in total. The van der Waals surface area contributed by atoms with Crippen molar-refractivity contribution in [2.24, 2.45) is 0 Å². The molecule has 0 bridgehead atoms. The molecule has 2 aromatic rings. The number of likely N-dealkylation sites (tertiary alicyclic amines) is 1. The highest BCUT2D eigenvalue weighted by molar-refractivity contribution is 5.89. The van der Waals surface area contributed by atoms with Gasteiger partial charge in [-0.2, -0.15) is 0 Å². The summed E-state index contributed by atoms with van der Waals surface area (Å²) in [6.45, 7) is 2.91. The second kappa shape index (κ2) is 8.65. The van der Waals surface area contributed by atoms with Gasteiger partial charge >= 0.3 is 6.03 Å². The molecule has 1 aliphatic heterocycles. The zero-order valence-electron chi connectivity index (χ0n) is 14.3. The number of nitrogens with zero attached hydrogens (tertiary/aromatic N) is 1. The van der Waals surface area contributed by atoms with Crippen LogP contribution in [0.5, 0.6) is 0 Å². The molecule has 0 radical (unpaired) electrons. The highest BCUT2D eigenvalue weighted by Gasteiger charge is 2.20. The van der Waals surface area contributed by atoms with Crippen LogP contribution in [0.25, 0.3) is 0 Å². The standard InChI is InChI=1S/C20H25N3O2/c24-15-17-7-4-8-19(13-17)22-20(25)21-18-9-11-23(12-10-18)14-16-5-2-1-3-6-16/h1-8,13,18,24H,9-12,14-15H2,(H2,21,22,25). The molecule has 1 fully saturated rings. The molecule has 25 heavy (non-hydrogen) atoms. The Morgan fingerprint density at radius 1 is 1.04 bits per heavy atom. The minimum atomic E-state index is -0.184. The highest BCUT2D eigenvalue weighted by atomic mass is 16.3. The van der Waals surface area contributed by atoms with Crippen molar-refractivity contribution >= 4 is 11.7 Å². The van der Waals surface area contributed by atoms with Crippen molar-refractivity contribution in [1.29, 1.82) is 0 Å². The average molecular weight is 339 g/mol. The van der Waals surface area contributed by atoms with E-state index >= 15 is 0 Å². The normalized spacial score (nSPS) is 15.7. The van der Waals surface area contributed by atoms with Crippen LogP contribution >= 0.6 is 0 Å². The quantitative estimate of drug-likeness (QED) is 0.785. The molecule has 5 nitrogen and oxygen atoms in total. The van der Waals surface area contributed by atoms with Gasteiger partial charge in [0.25, 0.3) is 0 Å². The fourth-order valence-electron chi connectivity index (χ4n) is 3.18. The van der Waals surface area contributed by atoms with Crippen molar-refractivity contribution in [2.45, 2.75) is 32.0 Å². The lowest BCUT2D eigenvalue weighted by Gasteiger charge is -2.32. The summed E-state index contributed by atoms with van der Waals surface area (Å²) in [4.78, 5) is 14.6. The van der Waals surface area contributed by atoms with Gasteiger partial charge in [0.1, 0.15) is 0 Å². The van der Waals surface area contributed by atoms with Crippen molar-refractivity contribution in [2.75, 3.05) is 18.4 Å². The summed E-state index contributed by atoms with van der Waals surface area (Å²) in [6.07, 6.45) is 1.91. The van der Waals surface area contributed by atoms with E-state index in [9.17, 15) is 4.79 Å². The van der Waals surface area contributed by atoms with Crippen LogP contribution in [0, 0.1) is 0 Å². The topological polar surface area (TPSA) is 64.6 Å². The molecule has 0 aliphatic carbocycles. The fourth-order valence-corrected chi connectivity index (χ4v) is 3.18.